The van der Waals surface area contributed by atoms with Crippen LogP contribution in [0.5, 0.6) is 80.5 Å². The highest BCUT2D eigenvalue weighted by molar-refractivity contribution is 6.45. The van der Waals surface area contributed by atoms with Gasteiger partial charge in [-0.2, -0.15) is 52.7 Å². The van der Waals surface area contributed by atoms with Crippen LogP contribution in [0.25, 0.3) is 43.1 Å². The van der Waals surface area contributed by atoms with E-state index in [2.05, 4.69) is 0 Å². The lowest BCUT2D eigenvalue weighted by atomic mass is 9.80. The molecule has 4 N–H and O–H groups in total. The minimum Gasteiger partial charge on any atom is -0.508 e. The number of alkyl halides is 12. The molecule has 6 aliphatic heterocycles. The number of hydrogen-bond acceptors (Lipinski definition) is 20. The highest BCUT2D eigenvalue weighted by Crippen LogP contribution is 2.59. The van der Waals surface area contributed by atoms with Crippen molar-refractivity contribution in [3.05, 3.63) is 203 Å². The molecule has 6 heterocycles. The molecule has 121 heavy (non-hydrogen) atoms. The molecule has 4 fully saturated rings. The number of epoxide rings is 4. The van der Waals surface area contributed by atoms with Crippen LogP contribution < -0.4 is 48.5 Å². The fourth-order valence-corrected chi connectivity index (χ4v) is 14.5. The molecule has 7 atom stereocenters. The Morgan fingerprint density at radius 2 is 0.645 bits per heavy atom. The van der Waals surface area contributed by atoms with Crippen LogP contribution in [0, 0.1) is 0 Å². The number of halogens is 12. The monoisotopic (exact) mass is 1690 g/mol. The van der Waals surface area contributed by atoms with Gasteiger partial charge in [-0.1, -0.05) is 48.5 Å². The second-order valence-electron chi connectivity index (χ2n) is 29.2. The molecule has 6 amide bonds. The lowest BCUT2D eigenvalue weighted by Gasteiger charge is -2.36. The number of phenolic OH excluding ortho intramolecular Hbond substituents is 2. The van der Waals surface area contributed by atoms with E-state index in [1.165, 1.54) is 102 Å². The molecule has 0 radical (unpaired) electrons. The zero-order chi connectivity index (χ0) is 84.9. The van der Waals surface area contributed by atoms with Crippen LogP contribution in [0.3, 0.4) is 0 Å². The molecule has 0 spiro atoms. The summed E-state index contributed by atoms with van der Waals surface area (Å²) in [5, 5.41) is 20.6. The van der Waals surface area contributed by atoms with Gasteiger partial charge in [-0.3, -0.25) is 38.6 Å². The van der Waals surface area contributed by atoms with Crippen LogP contribution in [0.2, 0.25) is 0 Å². The van der Waals surface area contributed by atoms with E-state index in [-0.39, 0.29) is 156 Å². The third-order valence-corrected chi connectivity index (χ3v) is 20.5. The molecule has 0 aromatic heterocycles. The van der Waals surface area contributed by atoms with E-state index in [9.17, 15) is 67.7 Å². The predicted molar refractivity (Wildman–Crippen MR) is 400 cm³/mol. The topological polar surface area (TPSA) is 297 Å². The summed E-state index contributed by atoms with van der Waals surface area (Å²) in [5.41, 5.74) is -2.81. The number of rotatable bonds is 31. The SMILES string of the molecule is O=C(NC(CC(F)(F)F)C(F)(F)F)C(Cc1ccc(O)cc1)N1C(=O)c2cc(Oc3cccc(OCC4CO4)c3)c3c4c(Oc5cccc(OCC6CO6)c5)cc5c6c(cc(Oc7cccc(OCC8CO8)c7)c(c7c(Oc8cccc(OCC9CO9)c8)cc(c2c37)C1=O)c64)C(=O)N(C(Cc1ccc(O)cc1)C(=O)NC(C(F)(F)F)C(F)(F)F)C5=O. The van der Waals surface area contributed by atoms with Gasteiger partial charge in [0.2, 0.25) is 17.9 Å². The van der Waals surface area contributed by atoms with E-state index < -0.39 is 165 Å². The van der Waals surface area contributed by atoms with Crippen molar-refractivity contribution >= 4 is 78.5 Å². The number of aromatic hydroxyl groups is 2. The Balaban J connectivity index is 0.991. The van der Waals surface area contributed by atoms with Crippen molar-refractivity contribution in [3.8, 4) is 80.5 Å². The second-order valence-corrected chi connectivity index (χ2v) is 29.2. The normalized spacial score (nSPS) is 18.2. The average Bonchev–Trinajstić information content (AvgIpc) is 1.47. The average molecular weight is 1690 g/mol. The van der Waals surface area contributed by atoms with Gasteiger partial charge in [-0.05, 0) is 108 Å². The Morgan fingerprint density at radius 3 is 0.901 bits per heavy atom. The molecule has 0 saturated carbocycles. The molecular weight excluding hydrogens is 1620 g/mol. The molecular formula is C85H62F12N4O20. The van der Waals surface area contributed by atoms with Gasteiger partial charge >= 0.3 is 24.7 Å². The Bertz CT molecular complexity index is 5530. The van der Waals surface area contributed by atoms with Crippen molar-refractivity contribution in [1.29, 1.82) is 0 Å². The maximum Gasteiger partial charge on any atom is 0.417 e. The highest BCUT2D eigenvalue weighted by Gasteiger charge is 2.59. The van der Waals surface area contributed by atoms with Gasteiger partial charge in [0.25, 0.3) is 23.6 Å². The van der Waals surface area contributed by atoms with Crippen LogP contribution in [0.15, 0.2) is 170 Å². The third-order valence-electron chi connectivity index (χ3n) is 20.5. The molecule has 17 rings (SSSR count). The van der Waals surface area contributed by atoms with Crippen molar-refractivity contribution in [2.75, 3.05) is 52.9 Å². The fourth-order valence-electron chi connectivity index (χ4n) is 14.5. The van der Waals surface area contributed by atoms with Gasteiger partial charge in [0.05, 0.1) is 55.1 Å². The first-order valence-electron chi connectivity index (χ1n) is 37.4. The van der Waals surface area contributed by atoms with E-state index in [1.807, 2.05) is 0 Å². The summed E-state index contributed by atoms with van der Waals surface area (Å²) in [6.07, 6.45) is -29.9. The summed E-state index contributed by atoms with van der Waals surface area (Å²) in [6, 6.07) is 22.8. The molecule has 0 bridgehead atoms. The summed E-state index contributed by atoms with van der Waals surface area (Å²) in [6.45, 7) is 1.45. The maximum absolute atomic E-state index is 16.6. The lowest BCUT2D eigenvalue weighted by molar-refractivity contribution is -0.257. The molecule has 11 aromatic carbocycles. The van der Waals surface area contributed by atoms with Crippen LogP contribution in [0.1, 0.15) is 59.0 Å². The van der Waals surface area contributed by atoms with Crippen LogP contribution >= 0.6 is 0 Å². The molecule has 24 nitrogen and oxygen atoms in total. The number of amides is 6. The number of carbonyl (C=O) groups is 6. The molecule has 4 saturated heterocycles. The molecule has 6 aliphatic rings. The van der Waals surface area contributed by atoms with E-state index in [0.717, 1.165) is 78.1 Å². The van der Waals surface area contributed by atoms with Crippen LogP contribution in [-0.2, 0) is 41.4 Å². The van der Waals surface area contributed by atoms with E-state index in [4.69, 9.17) is 56.8 Å². The highest BCUT2D eigenvalue weighted by atomic mass is 19.4. The summed E-state index contributed by atoms with van der Waals surface area (Å²) >= 11 is 0. The van der Waals surface area contributed by atoms with Crippen molar-refractivity contribution in [1.82, 2.24) is 20.4 Å². The van der Waals surface area contributed by atoms with Crippen molar-refractivity contribution in [3.63, 3.8) is 0 Å². The number of phenols is 2. The predicted octanol–water partition coefficient (Wildman–Crippen LogP) is 15.5. The summed E-state index contributed by atoms with van der Waals surface area (Å²) in [7, 11) is 0. The molecule has 36 heteroatoms. The molecule has 0 aliphatic carbocycles. The van der Waals surface area contributed by atoms with Gasteiger partial charge in [-0.25, -0.2) is 0 Å². The van der Waals surface area contributed by atoms with Crippen molar-refractivity contribution in [2.45, 2.75) is 92.6 Å². The lowest BCUT2D eigenvalue weighted by Crippen LogP contribution is -2.61. The number of nitrogens with zero attached hydrogens (tertiary/aromatic N) is 2. The maximum atomic E-state index is 16.6. The van der Waals surface area contributed by atoms with E-state index in [0.29, 0.717) is 26.4 Å². The number of nitrogens with one attached hydrogen (secondary N) is 2. The van der Waals surface area contributed by atoms with E-state index in [1.54, 1.807) is 0 Å². The van der Waals surface area contributed by atoms with Gasteiger partial charge in [0.15, 0.2) is 0 Å². The smallest absolute Gasteiger partial charge is 0.417 e. The summed E-state index contributed by atoms with van der Waals surface area (Å²) < 4.78 is 250. The van der Waals surface area contributed by atoms with Crippen LogP contribution in [0.4, 0.5) is 52.7 Å². The van der Waals surface area contributed by atoms with Gasteiger partial charge < -0.3 is 77.7 Å². The first-order valence-corrected chi connectivity index (χ1v) is 37.4. The first-order chi connectivity index (χ1) is 57.7. The molecule has 626 valence electrons. The quantitative estimate of drug-likeness (QED) is 0.0103. The first kappa shape index (κ1) is 80.4. The Kier molecular flexibility index (Phi) is 20.8. The Morgan fingerprint density at radius 1 is 0.372 bits per heavy atom. The molecule has 7 unspecified atom stereocenters. The standard InChI is InChI=1S/C85H62F12N4O20/c86-82(87,88)31-66(83(89,90)91)98-75(104)60(21-40-13-17-42(102)18-14-40)100-77(106)56-27-62(118-48-9-1-5-44(23-48)110-32-52-36-114-52)69-71-64(120-50-11-3-7-46(25-50)112-34-54-38-116-54)29-58-68-59(80(109)101(79(58)108)61(22-41-15-19-43(103)20-16-41)76(105)99-81(84(92,93)94)85(95,96)97)30-65(121-51-12-4-8-47(26-51)113-35-55-39-117-55)72(74(68)71)70-63(28-57(78(100)107)67(56)73(69)70)119-49-10-2-6-45(24-49)111-33-53-37-115-53/h1-20,23-30,52-55,60-61,66,81,102-103H,21-22,31-39H2,(H,98,104)(H,99,105). The van der Waals surface area contributed by atoms with E-state index >= 15 is 24.0 Å². The van der Waals surface area contributed by atoms with Crippen molar-refractivity contribution in [2.24, 2.45) is 0 Å². The zero-order valence-corrected chi connectivity index (χ0v) is 62.2. The Hall–Kier alpha value is -13.1. The fraction of sp³-hybridized carbons (Fsp3) is 0.271. The van der Waals surface area contributed by atoms with Gasteiger partial charge in [0.1, 0.15) is 149 Å². The number of benzene rings is 11. The number of hydrogen-bond donors (Lipinski definition) is 4. The zero-order valence-electron chi connectivity index (χ0n) is 62.2. The number of fused-ring (bicyclic) bond motifs is 2. The number of ether oxygens (including phenoxy) is 12. The van der Waals surface area contributed by atoms with Crippen molar-refractivity contribution < 1.29 is 149 Å². The second kappa shape index (κ2) is 31.3. The minimum absolute atomic E-state index is 0.0166. The number of imide groups is 2. The third kappa shape index (κ3) is 17.2. The minimum atomic E-state index is -6.25. The largest absolute Gasteiger partial charge is 0.508 e. The van der Waals surface area contributed by atoms with Gasteiger partial charge in [0, 0.05) is 80.2 Å². The summed E-state index contributed by atoms with van der Waals surface area (Å²) in [5.74, 6) is -13.1. The Labute approximate surface area is 674 Å². The molecule has 11 aromatic rings. The van der Waals surface area contributed by atoms with Crippen LogP contribution in [-0.4, -0.2) is 182 Å². The summed E-state index contributed by atoms with van der Waals surface area (Å²) in [4.78, 5) is 96.5. The van der Waals surface area contributed by atoms with Gasteiger partial charge in [-0.15, -0.1) is 0 Å². The number of carbonyl (C=O) groups excluding carboxylic acids is 6.